The third-order valence-corrected chi connectivity index (χ3v) is 5.30. The highest BCUT2D eigenvalue weighted by molar-refractivity contribution is 9.10. The highest BCUT2D eigenvalue weighted by atomic mass is 79.9. The van der Waals surface area contributed by atoms with E-state index in [2.05, 4.69) is 27.5 Å². The molecule has 2 nitrogen and oxygen atoms in total. The Labute approximate surface area is 126 Å². The van der Waals surface area contributed by atoms with E-state index in [1.54, 1.807) is 0 Å². The highest BCUT2D eigenvalue weighted by Gasteiger charge is 2.24. The minimum Gasteiger partial charge on any atom is -0.389 e. The average molecular weight is 345 g/mol. The van der Waals surface area contributed by atoms with Gasteiger partial charge < -0.3 is 11.1 Å². The van der Waals surface area contributed by atoms with Gasteiger partial charge in [-0.2, -0.15) is 11.8 Å². The van der Waals surface area contributed by atoms with Crippen LogP contribution in [0.5, 0.6) is 0 Å². The van der Waals surface area contributed by atoms with Crippen LogP contribution in [0.15, 0.2) is 22.7 Å². The van der Waals surface area contributed by atoms with Crippen LogP contribution in [0.2, 0.25) is 0 Å². The Balaban J connectivity index is 2.15. The molecule has 1 saturated carbocycles. The second-order valence-corrected chi connectivity index (χ2v) is 6.97. The van der Waals surface area contributed by atoms with Gasteiger partial charge in [0, 0.05) is 27.0 Å². The topological polar surface area (TPSA) is 38.0 Å². The Kier molecular flexibility index (Phi) is 4.92. The van der Waals surface area contributed by atoms with E-state index in [1.165, 1.54) is 19.3 Å². The fourth-order valence-electron chi connectivity index (χ4n) is 2.40. The largest absolute Gasteiger partial charge is 0.389 e. The Morgan fingerprint density at radius 2 is 2.28 bits per heavy atom. The zero-order chi connectivity index (χ0) is 13.1. The van der Waals surface area contributed by atoms with Gasteiger partial charge in [-0.3, -0.25) is 0 Å². The molecule has 0 heterocycles. The number of rotatable bonds is 4. The first-order valence-electron chi connectivity index (χ1n) is 5.99. The molecule has 0 bridgehead atoms. The van der Waals surface area contributed by atoms with Crippen LogP contribution < -0.4 is 11.1 Å². The molecule has 98 valence electrons. The fourth-order valence-corrected chi connectivity index (χ4v) is 4.13. The van der Waals surface area contributed by atoms with E-state index in [0.717, 1.165) is 21.0 Å². The van der Waals surface area contributed by atoms with E-state index in [1.807, 2.05) is 30.0 Å². The minimum atomic E-state index is 0.435. The minimum absolute atomic E-state index is 0.435. The summed E-state index contributed by atoms with van der Waals surface area (Å²) in [6, 6.07) is 6.56. The molecule has 18 heavy (non-hydrogen) atoms. The fraction of sp³-hybridized carbons (Fsp3) is 0.462. The molecule has 0 aliphatic heterocycles. The third kappa shape index (κ3) is 3.19. The Hall–Kier alpha value is -0.260. The molecule has 1 fully saturated rings. The summed E-state index contributed by atoms with van der Waals surface area (Å²) < 4.78 is 0.958. The van der Waals surface area contributed by atoms with Crippen molar-refractivity contribution in [2.45, 2.75) is 30.6 Å². The SMILES string of the molecule is CSC1CCC(Nc2cccc(Br)c2C(N)=S)C1. The van der Waals surface area contributed by atoms with Crippen LogP contribution >= 0.6 is 39.9 Å². The number of hydrogen-bond donors (Lipinski definition) is 2. The maximum Gasteiger partial charge on any atom is 0.107 e. The maximum atomic E-state index is 5.80. The molecule has 2 rings (SSSR count). The predicted molar refractivity (Wildman–Crippen MR) is 88.6 cm³/mol. The summed E-state index contributed by atoms with van der Waals surface area (Å²) in [4.78, 5) is 0.435. The lowest BCUT2D eigenvalue weighted by molar-refractivity contribution is 0.757. The quantitative estimate of drug-likeness (QED) is 0.815. The first kappa shape index (κ1) is 14.2. The Morgan fingerprint density at radius 3 is 2.89 bits per heavy atom. The van der Waals surface area contributed by atoms with E-state index in [0.29, 0.717) is 11.0 Å². The summed E-state index contributed by atoms with van der Waals surface area (Å²) >= 11 is 10.6. The van der Waals surface area contributed by atoms with Crippen LogP contribution in [-0.2, 0) is 0 Å². The van der Waals surface area contributed by atoms with Crippen molar-refractivity contribution >= 4 is 50.6 Å². The van der Waals surface area contributed by atoms with Gasteiger partial charge in [0.1, 0.15) is 4.99 Å². The molecular weight excluding hydrogens is 328 g/mol. The van der Waals surface area contributed by atoms with Gasteiger partial charge in [0.05, 0.1) is 0 Å². The molecule has 1 aliphatic carbocycles. The molecular formula is C13H17BrN2S2. The van der Waals surface area contributed by atoms with Gasteiger partial charge in [0.25, 0.3) is 0 Å². The van der Waals surface area contributed by atoms with E-state index >= 15 is 0 Å². The van der Waals surface area contributed by atoms with E-state index in [9.17, 15) is 0 Å². The lowest BCUT2D eigenvalue weighted by atomic mass is 10.1. The monoisotopic (exact) mass is 344 g/mol. The molecule has 0 amide bonds. The summed E-state index contributed by atoms with van der Waals surface area (Å²) in [6.45, 7) is 0. The summed E-state index contributed by atoms with van der Waals surface area (Å²) in [5, 5.41) is 4.37. The van der Waals surface area contributed by atoms with Crippen molar-refractivity contribution < 1.29 is 0 Å². The Morgan fingerprint density at radius 1 is 1.50 bits per heavy atom. The van der Waals surface area contributed by atoms with Crippen LogP contribution in [0.1, 0.15) is 24.8 Å². The second kappa shape index (κ2) is 6.26. The van der Waals surface area contributed by atoms with Gasteiger partial charge in [0.2, 0.25) is 0 Å². The number of nitrogens with two attached hydrogens (primary N) is 1. The first-order chi connectivity index (χ1) is 8.61. The number of thioether (sulfide) groups is 1. The van der Waals surface area contributed by atoms with Crippen molar-refractivity contribution in [2.24, 2.45) is 5.73 Å². The second-order valence-electron chi connectivity index (χ2n) is 4.54. The van der Waals surface area contributed by atoms with Crippen molar-refractivity contribution in [2.75, 3.05) is 11.6 Å². The molecule has 0 spiro atoms. The zero-order valence-electron chi connectivity index (χ0n) is 10.3. The summed E-state index contributed by atoms with van der Waals surface area (Å²) in [6.07, 6.45) is 5.90. The summed E-state index contributed by atoms with van der Waals surface area (Å²) in [5.41, 5.74) is 7.76. The molecule has 2 atom stereocenters. The van der Waals surface area contributed by atoms with E-state index < -0.39 is 0 Å². The van der Waals surface area contributed by atoms with Gasteiger partial charge in [-0.05, 0) is 53.6 Å². The molecule has 0 aromatic heterocycles. The van der Waals surface area contributed by atoms with Crippen molar-refractivity contribution in [3.63, 3.8) is 0 Å². The average Bonchev–Trinajstić information content (AvgIpc) is 2.76. The van der Waals surface area contributed by atoms with Gasteiger partial charge in [-0.25, -0.2) is 0 Å². The standard InChI is InChI=1S/C13H17BrN2S2/c1-18-9-6-5-8(7-9)16-11-4-2-3-10(14)12(11)13(15)17/h2-4,8-9,16H,5-7H2,1H3,(H2,15,17). The van der Waals surface area contributed by atoms with Gasteiger partial charge in [0.15, 0.2) is 0 Å². The van der Waals surface area contributed by atoms with Crippen LogP contribution in [0, 0.1) is 0 Å². The molecule has 0 radical (unpaired) electrons. The van der Waals surface area contributed by atoms with Crippen molar-refractivity contribution in [3.8, 4) is 0 Å². The highest BCUT2D eigenvalue weighted by Crippen LogP contribution is 2.32. The van der Waals surface area contributed by atoms with Crippen molar-refractivity contribution in [1.29, 1.82) is 0 Å². The molecule has 3 N–H and O–H groups in total. The Bertz CT molecular complexity index is 451. The maximum absolute atomic E-state index is 5.80. The van der Waals surface area contributed by atoms with Crippen LogP contribution in [0.4, 0.5) is 5.69 Å². The predicted octanol–water partition coefficient (Wildman–Crippen LogP) is 3.78. The molecule has 1 aliphatic rings. The number of thiocarbonyl (C=S) groups is 1. The lowest BCUT2D eigenvalue weighted by Crippen LogP contribution is -2.20. The molecule has 1 aromatic carbocycles. The van der Waals surface area contributed by atoms with Crippen LogP contribution in [-0.4, -0.2) is 22.5 Å². The van der Waals surface area contributed by atoms with Crippen molar-refractivity contribution in [1.82, 2.24) is 0 Å². The number of hydrogen-bond acceptors (Lipinski definition) is 3. The number of anilines is 1. The summed E-state index contributed by atoms with van der Waals surface area (Å²) in [5.74, 6) is 0. The zero-order valence-corrected chi connectivity index (χ0v) is 13.5. The molecule has 2 unspecified atom stereocenters. The lowest BCUT2D eigenvalue weighted by Gasteiger charge is -2.18. The molecule has 0 saturated heterocycles. The van der Waals surface area contributed by atoms with Crippen molar-refractivity contribution in [3.05, 3.63) is 28.2 Å². The van der Waals surface area contributed by atoms with Gasteiger partial charge >= 0.3 is 0 Å². The van der Waals surface area contributed by atoms with E-state index in [-0.39, 0.29) is 0 Å². The summed E-state index contributed by atoms with van der Waals surface area (Å²) in [7, 11) is 0. The number of nitrogens with one attached hydrogen (secondary N) is 1. The normalized spacial score (nSPS) is 23.0. The smallest absolute Gasteiger partial charge is 0.107 e. The van der Waals surface area contributed by atoms with Crippen LogP contribution in [0.25, 0.3) is 0 Å². The number of halogens is 1. The molecule has 5 heteroatoms. The molecule has 1 aromatic rings. The van der Waals surface area contributed by atoms with Crippen LogP contribution in [0.3, 0.4) is 0 Å². The van der Waals surface area contributed by atoms with E-state index in [4.69, 9.17) is 18.0 Å². The number of benzene rings is 1. The van der Waals surface area contributed by atoms with Gasteiger partial charge in [-0.15, -0.1) is 0 Å². The van der Waals surface area contributed by atoms with Gasteiger partial charge in [-0.1, -0.05) is 18.3 Å². The third-order valence-electron chi connectivity index (χ3n) is 3.34. The first-order valence-corrected chi connectivity index (χ1v) is 8.48.